The van der Waals surface area contributed by atoms with E-state index in [1.54, 1.807) is 0 Å². The number of benzene rings is 2. The Bertz CT molecular complexity index is 980. The molecule has 0 unspecified atom stereocenters. The number of aliphatic carboxylic acids is 1. The van der Waals surface area contributed by atoms with E-state index < -0.39 is 5.97 Å². The van der Waals surface area contributed by atoms with E-state index in [9.17, 15) is 9.90 Å². The Morgan fingerprint density at radius 3 is 2.68 bits per heavy atom. The van der Waals surface area contributed by atoms with Crippen LogP contribution in [0.2, 0.25) is 0 Å². The molecule has 0 saturated heterocycles. The number of halogens is 1. The molecule has 0 aliphatic carbocycles. The van der Waals surface area contributed by atoms with Crippen molar-refractivity contribution in [3.05, 3.63) is 46.4 Å². The number of H-pyrrole nitrogens is 1. The fraction of sp³-hybridized carbons (Fsp3) is 0.318. The van der Waals surface area contributed by atoms with Crippen molar-refractivity contribution in [2.45, 2.75) is 33.1 Å². The molecule has 0 fully saturated rings. The van der Waals surface area contributed by atoms with Crippen LogP contribution >= 0.6 is 15.9 Å². The first-order valence-corrected chi connectivity index (χ1v) is 10.2. The van der Waals surface area contributed by atoms with Crippen molar-refractivity contribution in [2.75, 3.05) is 13.2 Å². The Labute approximate surface area is 172 Å². The Hall–Kier alpha value is -2.47. The van der Waals surface area contributed by atoms with E-state index in [1.165, 1.54) is 0 Å². The molecule has 0 radical (unpaired) electrons. The maximum atomic E-state index is 11.6. The van der Waals surface area contributed by atoms with Crippen LogP contribution in [0.3, 0.4) is 0 Å². The van der Waals surface area contributed by atoms with Gasteiger partial charge in [-0.1, -0.05) is 29.3 Å². The third-order valence-electron chi connectivity index (χ3n) is 4.48. The minimum Gasteiger partial charge on any atom is -0.494 e. The lowest BCUT2D eigenvalue weighted by atomic mass is 10.0. The molecule has 3 aromatic rings. The molecular weight excluding hydrogens is 422 g/mol. The Kier molecular flexibility index (Phi) is 6.62. The van der Waals surface area contributed by atoms with Crippen LogP contribution in [0.4, 0.5) is 0 Å². The number of hydrogen-bond acceptors (Lipinski definition) is 3. The maximum Gasteiger partial charge on any atom is 0.307 e. The third-order valence-corrected chi connectivity index (χ3v) is 4.98. The SMILES string of the molecule is CCCCOc1ccc2[nH]c(-c3cc(Br)ccc3OCC)c(CC(=O)O)c2c1. The van der Waals surface area contributed by atoms with Gasteiger partial charge >= 0.3 is 5.97 Å². The quantitative estimate of drug-likeness (QED) is 0.408. The zero-order valence-corrected chi connectivity index (χ0v) is 17.6. The third kappa shape index (κ3) is 4.50. The van der Waals surface area contributed by atoms with Gasteiger partial charge in [0.2, 0.25) is 0 Å². The second-order valence-electron chi connectivity index (χ2n) is 6.53. The van der Waals surface area contributed by atoms with Crippen molar-refractivity contribution >= 4 is 32.8 Å². The predicted molar refractivity (Wildman–Crippen MR) is 114 cm³/mol. The minimum absolute atomic E-state index is 0.0914. The van der Waals surface area contributed by atoms with Crippen LogP contribution in [0.1, 0.15) is 32.3 Å². The molecular formula is C22H24BrNO4. The molecule has 1 heterocycles. The lowest BCUT2D eigenvalue weighted by molar-refractivity contribution is -0.136. The van der Waals surface area contributed by atoms with Gasteiger partial charge in [-0.3, -0.25) is 4.79 Å². The van der Waals surface area contributed by atoms with Crippen LogP contribution < -0.4 is 9.47 Å². The van der Waals surface area contributed by atoms with Gasteiger partial charge in [-0.05, 0) is 55.3 Å². The summed E-state index contributed by atoms with van der Waals surface area (Å²) in [7, 11) is 0. The summed E-state index contributed by atoms with van der Waals surface area (Å²) in [6, 6.07) is 11.5. The Morgan fingerprint density at radius 2 is 1.96 bits per heavy atom. The number of nitrogens with one attached hydrogen (secondary N) is 1. The highest BCUT2D eigenvalue weighted by atomic mass is 79.9. The minimum atomic E-state index is -0.882. The van der Waals surface area contributed by atoms with Gasteiger partial charge in [0.15, 0.2) is 0 Å². The van der Waals surface area contributed by atoms with Crippen molar-refractivity contribution in [3.8, 4) is 22.8 Å². The van der Waals surface area contributed by atoms with Crippen LogP contribution in [-0.2, 0) is 11.2 Å². The molecule has 2 N–H and O–H groups in total. The highest BCUT2D eigenvalue weighted by molar-refractivity contribution is 9.10. The lowest BCUT2D eigenvalue weighted by Gasteiger charge is -2.11. The van der Waals surface area contributed by atoms with Crippen molar-refractivity contribution in [1.82, 2.24) is 4.98 Å². The standard InChI is InChI=1S/C22H24BrNO4/c1-3-5-10-28-15-7-8-19-16(12-15)17(13-21(25)26)22(24-19)18-11-14(23)6-9-20(18)27-4-2/h6-9,11-12,24H,3-5,10,13H2,1-2H3,(H,25,26). The lowest BCUT2D eigenvalue weighted by Crippen LogP contribution is -2.02. The molecule has 0 spiro atoms. The average molecular weight is 446 g/mol. The number of fused-ring (bicyclic) bond motifs is 1. The predicted octanol–water partition coefficient (Wildman–Crippen LogP) is 5.80. The Morgan fingerprint density at radius 1 is 1.14 bits per heavy atom. The summed E-state index contributed by atoms with van der Waals surface area (Å²) in [5, 5.41) is 10.4. The van der Waals surface area contributed by atoms with Gasteiger partial charge in [-0.25, -0.2) is 0 Å². The van der Waals surface area contributed by atoms with Crippen LogP contribution in [-0.4, -0.2) is 29.3 Å². The molecule has 0 saturated carbocycles. The smallest absolute Gasteiger partial charge is 0.307 e. The van der Waals surface area contributed by atoms with Gasteiger partial charge in [0.05, 0.1) is 25.3 Å². The van der Waals surface area contributed by atoms with Crippen LogP contribution in [0.5, 0.6) is 11.5 Å². The van der Waals surface area contributed by atoms with Crippen molar-refractivity contribution in [3.63, 3.8) is 0 Å². The van der Waals surface area contributed by atoms with Crippen LogP contribution in [0.15, 0.2) is 40.9 Å². The summed E-state index contributed by atoms with van der Waals surface area (Å²) < 4.78 is 12.5. The molecule has 0 aliphatic rings. The van der Waals surface area contributed by atoms with Crippen molar-refractivity contribution in [2.24, 2.45) is 0 Å². The largest absolute Gasteiger partial charge is 0.494 e. The molecule has 2 aromatic carbocycles. The first-order chi connectivity index (χ1) is 13.5. The molecule has 148 valence electrons. The second kappa shape index (κ2) is 9.15. The van der Waals surface area contributed by atoms with Gasteiger partial charge in [0, 0.05) is 20.9 Å². The molecule has 0 aliphatic heterocycles. The van der Waals surface area contributed by atoms with Gasteiger partial charge in [-0.2, -0.15) is 0 Å². The van der Waals surface area contributed by atoms with E-state index in [0.717, 1.165) is 50.8 Å². The molecule has 0 bridgehead atoms. The number of aromatic nitrogens is 1. The Balaban J connectivity index is 2.14. The summed E-state index contributed by atoms with van der Waals surface area (Å²) in [5.41, 5.74) is 3.18. The zero-order chi connectivity index (χ0) is 20.1. The molecule has 0 amide bonds. The normalized spacial score (nSPS) is 11.0. The van der Waals surface area contributed by atoms with E-state index in [0.29, 0.717) is 19.0 Å². The number of carbonyl (C=O) groups is 1. The first kappa shape index (κ1) is 20.3. The van der Waals surface area contributed by atoms with E-state index in [1.807, 2.05) is 43.3 Å². The summed E-state index contributed by atoms with van der Waals surface area (Å²) in [6.07, 6.45) is 1.95. The molecule has 3 rings (SSSR count). The number of carboxylic acids is 1. The first-order valence-electron chi connectivity index (χ1n) is 9.45. The topological polar surface area (TPSA) is 71.5 Å². The van der Waals surface area contributed by atoms with Crippen LogP contribution in [0.25, 0.3) is 22.2 Å². The average Bonchev–Trinajstić information content (AvgIpc) is 3.01. The second-order valence-corrected chi connectivity index (χ2v) is 7.45. The highest BCUT2D eigenvalue weighted by Crippen LogP contribution is 2.38. The van der Waals surface area contributed by atoms with E-state index in [4.69, 9.17) is 9.47 Å². The van der Waals surface area contributed by atoms with Gasteiger partial charge in [-0.15, -0.1) is 0 Å². The maximum absolute atomic E-state index is 11.6. The summed E-state index contributed by atoms with van der Waals surface area (Å²) in [5.74, 6) is 0.577. The van der Waals surface area contributed by atoms with Gasteiger partial charge < -0.3 is 19.6 Å². The number of ether oxygens (including phenoxy) is 2. The highest BCUT2D eigenvalue weighted by Gasteiger charge is 2.19. The number of hydrogen-bond donors (Lipinski definition) is 2. The molecule has 5 nitrogen and oxygen atoms in total. The summed E-state index contributed by atoms with van der Waals surface area (Å²) in [6.45, 7) is 5.21. The number of rotatable bonds is 9. The number of aromatic amines is 1. The summed E-state index contributed by atoms with van der Waals surface area (Å²) in [4.78, 5) is 15.0. The number of unbranched alkanes of at least 4 members (excludes halogenated alkanes) is 1. The van der Waals surface area contributed by atoms with E-state index in [2.05, 4.69) is 27.8 Å². The van der Waals surface area contributed by atoms with Gasteiger partial charge in [0.1, 0.15) is 11.5 Å². The van der Waals surface area contributed by atoms with Crippen molar-refractivity contribution in [1.29, 1.82) is 0 Å². The van der Waals surface area contributed by atoms with E-state index in [-0.39, 0.29) is 6.42 Å². The summed E-state index contributed by atoms with van der Waals surface area (Å²) >= 11 is 3.51. The van der Waals surface area contributed by atoms with Gasteiger partial charge in [0.25, 0.3) is 0 Å². The monoisotopic (exact) mass is 445 g/mol. The molecule has 28 heavy (non-hydrogen) atoms. The number of carboxylic acid groups (broad SMARTS) is 1. The van der Waals surface area contributed by atoms with E-state index >= 15 is 0 Å². The molecule has 1 aromatic heterocycles. The molecule has 0 atom stereocenters. The fourth-order valence-corrected chi connectivity index (χ4v) is 3.56. The van der Waals surface area contributed by atoms with Crippen molar-refractivity contribution < 1.29 is 19.4 Å². The fourth-order valence-electron chi connectivity index (χ4n) is 3.19. The van der Waals surface area contributed by atoms with Crippen LogP contribution in [0, 0.1) is 0 Å². The zero-order valence-electron chi connectivity index (χ0n) is 16.0. The molecule has 6 heteroatoms.